The van der Waals surface area contributed by atoms with Crippen LogP contribution in [0.5, 0.6) is 0 Å². The Morgan fingerprint density at radius 3 is 2.50 bits per heavy atom. The molecule has 1 heterocycles. The van der Waals surface area contributed by atoms with E-state index in [1.807, 2.05) is 68.6 Å². The SMILES string of the molecule is Cc1ccccc1CNC(=O)c1ccc(Cn2ccnc2C)cc1. The number of carbonyl (C=O) groups excluding carboxylic acids is 1. The average Bonchev–Trinajstić information content (AvgIpc) is 2.99. The number of hydrogen-bond donors (Lipinski definition) is 1. The molecule has 0 radical (unpaired) electrons. The summed E-state index contributed by atoms with van der Waals surface area (Å²) in [7, 11) is 0. The molecule has 3 aromatic rings. The number of nitrogens with one attached hydrogen (secondary N) is 1. The predicted molar refractivity (Wildman–Crippen MR) is 94.9 cm³/mol. The molecule has 0 spiro atoms. The molecule has 0 aliphatic rings. The van der Waals surface area contributed by atoms with E-state index in [-0.39, 0.29) is 5.91 Å². The number of rotatable bonds is 5. The van der Waals surface area contributed by atoms with Gasteiger partial charge in [-0.25, -0.2) is 4.98 Å². The first-order chi connectivity index (χ1) is 11.6. The lowest BCUT2D eigenvalue weighted by Gasteiger charge is -2.09. The Morgan fingerprint density at radius 2 is 1.83 bits per heavy atom. The number of imidazole rings is 1. The van der Waals surface area contributed by atoms with Crippen LogP contribution in [0.15, 0.2) is 60.9 Å². The normalized spacial score (nSPS) is 10.6. The van der Waals surface area contributed by atoms with E-state index in [2.05, 4.69) is 14.9 Å². The molecule has 4 heteroatoms. The van der Waals surface area contributed by atoms with Crippen LogP contribution in [0.1, 0.15) is 32.9 Å². The molecule has 1 aromatic heterocycles. The second-order valence-corrected chi connectivity index (χ2v) is 5.91. The third-order valence-corrected chi connectivity index (χ3v) is 4.19. The molecule has 0 aliphatic carbocycles. The molecular weight excluding hydrogens is 298 g/mol. The molecule has 2 aromatic carbocycles. The van der Waals surface area contributed by atoms with E-state index in [1.54, 1.807) is 6.20 Å². The van der Waals surface area contributed by atoms with Crippen LogP contribution in [0.4, 0.5) is 0 Å². The minimum atomic E-state index is -0.0522. The number of carbonyl (C=O) groups is 1. The Morgan fingerprint density at radius 1 is 1.08 bits per heavy atom. The van der Waals surface area contributed by atoms with E-state index in [9.17, 15) is 4.79 Å². The van der Waals surface area contributed by atoms with Crippen LogP contribution in [0.25, 0.3) is 0 Å². The van der Waals surface area contributed by atoms with Crippen molar-refractivity contribution in [3.63, 3.8) is 0 Å². The number of amides is 1. The molecule has 0 saturated carbocycles. The number of hydrogen-bond acceptors (Lipinski definition) is 2. The first kappa shape index (κ1) is 16.0. The highest BCUT2D eigenvalue weighted by Crippen LogP contribution is 2.10. The molecular formula is C20H21N3O. The second kappa shape index (κ2) is 7.13. The van der Waals surface area contributed by atoms with Crippen molar-refractivity contribution in [2.24, 2.45) is 0 Å². The highest BCUT2D eigenvalue weighted by atomic mass is 16.1. The van der Waals surface area contributed by atoms with Gasteiger partial charge in [-0.2, -0.15) is 0 Å². The van der Waals surface area contributed by atoms with Crippen molar-refractivity contribution in [2.75, 3.05) is 0 Å². The minimum Gasteiger partial charge on any atom is -0.348 e. The van der Waals surface area contributed by atoms with Gasteiger partial charge in [0.25, 0.3) is 5.91 Å². The van der Waals surface area contributed by atoms with Gasteiger partial charge in [-0.15, -0.1) is 0 Å². The molecule has 0 saturated heterocycles. The fourth-order valence-corrected chi connectivity index (χ4v) is 2.62. The van der Waals surface area contributed by atoms with Gasteiger partial charge >= 0.3 is 0 Å². The van der Waals surface area contributed by atoms with Gasteiger partial charge in [0, 0.05) is 31.0 Å². The van der Waals surface area contributed by atoms with E-state index in [4.69, 9.17) is 0 Å². The quantitative estimate of drug-likeness (QED) is 0.782. The summed E-state index contributed by atoms with van der Waals surface area (Å²) in [5.74, 6) is 0.929. The molecule has 3 rings (SSSR count). The molecule has 24 heavy (non-hydrogen) atoms. The monoisotopic (exact) mass is 319 g/mol. The fraction of sp³-hybridized carbons (Fsp3) is 0.200. The number of nitrogens with zero attached hydrogens (tertiary/aromatic N) is 2. The third-order valence-electron chi connectivity index (χ3n) is 4.19. The Hall–Kier alpha value is -2.88. The molecule has 0 atom stereocenters. The summed E-state index contributed by atoms with van der Waals surface area (Å²) >= 11 is 0. The van der Waals surface area contributed by atoms with Crippen molar-refractivity contribution < 1.29 is 4.79 Å². The van der Waals surface area contributed by atoms with E-state index in [0.717, 1.165) is 23.5 Å². The Bertz CT molecular complexity index is 834. The summed E-state index contributed by atoms with van der Waals surface area (Å²) in [6.07, 6.45) is 3.75. The van der Waals surface area contributed by atoms with Gasteiger partial charge < -0.3 is 9.88 Å². The lowest BCUT2D eigenvalue weighted by atomic mass is 10.1. The summed E-state index contributed by atoms with van der Waals surface area (Å²) in [5, 5.41) is 2.98. The van der Waals surface area contributed by atoms with Crippen molar-refractivity contribution in [3.05, 3.63) is 89.0 Å². The highest BCUT2D eigenvalue weighted by molar-refractivity contribution is 5.94. The summed E-state index contributed by atoms with van der Waals surface area (Å²) < 4.78 is 2.08. The zero-order valence-electron chi connectivity index (χ0n) is 14.0. The van der Waals surface area contributed by atoms with Crippen molar-refractivity contribution in [1.29, 1.82) is 0 Å². The van der Waals surface area contributed by atoms with Crippen molar-refractivity contribution in [3.8, 4) is 0 Å². The van der Waals surface area contributed by atoms with Crippen LogP contribution in [0, 0.1) is 13.8 Å². The third kappa shape index (κ3) is 3.71. The Balaban J connectivity index is 1.61. The van der Waals surface area contributed by atoms with Gasteiger partial charge in [0.15, 0.2) is 0 Å². The van der Waals surface area contributed by atoms with E-state index in [0.29, 0.717) is 12.1 Å². The number of aromatic nitrogens is 2. The lowest BCUT2D eigenvalue weighted by molar-refractivity contribution is 0.0951. The van der Waals surface area contributed by atoms with E-state index >= 15 is 0 Å². The van der Waals surface area contributed by atoms with Crippen LogP contribution in [0.3, 0.4) is 0 Å². The maximum atomic E-state index is 12.3. The van der Waals surface area contributed by atoms with Crippen molar-refractivity contribution in [2.45, 2.75) is 26.9 Å². The molecule has 0 bridgehead atoms. The fourth-order valence-electron chi connectivity index (χ4n) is 2.62. The lowest BCUT2D eigenvalue weighted by Crippen LogP contribution is -2.23. The van der Waals surface area contributed by atoms with Gasteiger partial charge in [-0.3, -0.25) is 4.79 Å². The van der Waals surface area contributed by atoms with Crippen molar-refractivity contribution >= 4 is 5.91 Å². The molecule has 1 amide bonds. The molecule has 0 aliphatic heterocycles. The Labute approximate surface area is 142 Å². The van der Waals surface area contributed by atoms with E-state index in [1.165, 1.54) is 5.56 Å². The van der Waals surface area contributed by atoms with Crippen molar-refractivity contribution in [1.82, 2.24) is 14.9 Å². The Kier molecular flexibility index (Phi) is 4.75. The maximum absolute atomic E-state index is 12.3. The predicted octanol–water partition coefficient (Wildman–Crippen LogP) is 3.48. The van der Waals surface area contributed by atoms with Crippen LogP contribution >= 0.6 is 0 Å². The molecule has 122 valence electrons. The van der Waals surface area contributed by atoms with Crippen LogP contribution < -0.4 is 5.32 Å². The topological polar surface area (TPSA) is 46.9 Å². The van der Waals surface area contributed by atoms with Crippen LogP contribution in [-0.2, 0) is 13.1 Å². The van der Waals surface area contributed by atoms with Crippen LogP contribution in [0.2, 0.25) is 0 Å². The standard InChI is InChI=1S/C20H21N3O/c1-15-5-3-4-6-19(15)13-22-20(24)18-9-7-17(8-10-18)14-23-12-11-21-16(23)2/h3-12H,13-14H2,1-2H3,(H,22,24). The molecule has 0 fully saturated rings. The van der Waals surface area contributed by atoms with Gasteiger partial charge in [0.1, 0.15) is 5.82 Å². The van der Waals surface area contributed by atoms with Gasteiger partial charge in [-0.05, 0) is 42.7 Å². The number of aryl methyl sites for hydroxylation is 2. The zero-order chi connectivity index (χ0) is 16.9. The highest BCUT2D eigenvalue weighted by Gasteiger charge is 2.06. The minimum absolute atomic E-state index is 0.0522. The smallest absolute Gasteiger partial charge is 0.251 e. The maximum Gasteiger partial charge on any atom is 0.251 e. The van der Waals surface area contributed by atoms with E-state index < -0.39 is 0 Å². The van der Waals surface area contributed by atoms with Gasteiger partial charge in [0.2, 0.25) is 0 Å². The number of benzene rings is 2. The molecule has 1 N–H and O–H groups in total. The summed E-state index contributed by atoms with van der Waals surface area (Å²) in [6, 6.07) is 15.8. The van der Waals surface area contributed by atoms with Gasteiger partial charge in [0.05, 0.1) is 0 Å². The van der Waals surface area contributed by atoms with Crippen LogP contribution in [-0.4, -0.2) is 15.5 Å². The largest absolute Gasteiger partial charge is 0.348 e. The molecule has 4 nitrogen and oxygen atoms in total. The first-order valence-electron chi connectivity index (χ1n) is 8.03. The average molecular weight is 319 g/mol. The van der Waals surface area contributed by atoms with Gasteiger partial charge in [-0.1, -0.05) is 36.4 Å². The zero-order valence-corrected chi connectivity index (χ0v) is 14.0. The summed E-state index contributed by atoms with van der Waals surface area (Å²) in [4.78, 5) is 16.5. The summed E-state index contributed by atoms with van der Waals surface area (Å²) in [5.41, 5.74) is 4.14. The molecule has 0 unspecified atom stereocenters. The first-order valence-corrected chi connectivity index (χ1v) is 8.03. The summed E-state index contributed by atoms with van der Waals surface area (Å²) in [6.45, 7) is 5.33. The second-order valence-electron chi connectivity index (χ2n) is 5.91.